The Kier molecular flexibility index (Phi) is 6.72. The van der Waals surface area contributed by atoms with E-state index in [0.717, 1.165) is 50.5 Å². The molecule has 0 bridgehead atoms. The molecule has 0 aliphatic carbocycles. The van der Waals surface area contributed by atoms with Crippen molar-refractivity contribution < 1.29 is 9.53 Å². The van der Waals surface area contributed by atoms with Crippen molar-refractivity contribution in [1.82, 2.24) is 10.6 Å². The molecule has 2 saturated heterocycles. The number of halogens is 2. The Labute approximate surface area is 148 Å². The molecule has 6 heteroatoms. The molecule has 2 aliphatic heterocycles. The summed E-state index contributed by atoms with van der Waals surface area (Å²) in [6.45, 7) is 3.07. The van der Waals surface area contributed by atoms with Gasteiger partial charge in [-0.25, -0.2) is 0 Å². The first kappa shape index (κ1) is 18.5. The van der Waals surface area contributed by atoms with Crippen molar-refractivity contribution in [2.75, 3.05) is 26.3 Å². The predicted octanol–water partition coefficient (Wildman–Crippen LogP) is 2.68. The van der Waals surface area contributed by atoms with E-state index in [9.17, 15) is 4.79 Å². The zero-order valence-corrected chi connectivity index (χ0v) is 14.7. The molecule has 1 unspecified atom stereocenters. The van der Waals surface area contributed by atoms with Crippen molar-refractivity contribution in [1.29, 1.82) is 0 Å². The van der Waals surface area contributed by atoms with Crippen molar-refractivity contribution >= 4 is 29.9 Å². The second-order valence-electron chi connectivity index (χ2n) is 6.27. The summed E-state index contributed by atoms with van der Waals surface area (Å²) in [6, 6.07) is 7.98. The molecular weight excluding hydrogens is 335 g/mol. The quantitative estimate of drug-likeness (QED) is 0.869. The van der Waals surface area contributed by atoms with Gasteiger partial charge in [-0.2, -0.15) is 0 Å². The minimum Gasteiger partial charge on any atom is -0.381 e. The minimum atomic E-state index is -0.0445. The molecule has 4 nitrogen and oxygen atoms in total. The van der Waals surface area contributed by atoms with Crippen LogP contribution in [-0.2, 0) is 14.9 Å². The highest BCUT2D eigenvalue weighted by Gasteiger charge is 2.35. The van der Waals surface area contributed by atoms with E-state index in [1.807, 2.05) is 12.1 Å². The Morgan fingerprint density at radius 3 is 2.61 bits per heavy atom. The zero-order valence-electron chi connectivity index (χ0n) is 13.1. The topological polar surface area (TPSA) is 50.4 Å². The summed E-state index contributed by atoms with van der Waals surface area (Å²) in [5.41, 5.74) is 1.19. The van der Waals surface area contributed by atoms with Gasteiger partial charge in [0.15, 0.2) is 0 Å². The van der Waals surface area contributed by atoms with Crippen molar-refractivity contribution in [2.45, 2.75) is 37.1 Å². The number of carbonyl (C=O) groups is 1. The van der Waals surface area contributed by atoms with E-state index in [1.54, 1.807) is 0 Å². The van der Waals surface area contributed by atoms with Crippen LogP contribution in [0.2, 0.25) is 5.02 Å². The molecule has 1 aromatic carbocycles. The standard InChI is InChI=1S/C17H23ClN2O2.ClH/c18-14-5-3-13(4-6-14)17(7-10-22-11-8-17)12-20-16(21)15-2-1-9-19-15;/h3-6,15,19H,1-2,7-12H2,(H,20,21);1H. The normalized spacial score (nSPS) is 23.1. The van der Waals surface area contributed by atoms with Crippen LogP contribution in [0.25, 0.3) is 0 Å². The number of nitrogens with one attached hydrogen (secondary N) is 2. The third-order valence-electron chi connectivity index (χ3n) is 4.88. The fourth-order valence-corrected chi connectivity index (χ4v) is 3.55. The van der Waals surface area contributed by atoms with Gasteiger partial charge < -0.3 is 15.4 Å². The molecule has 0 saturated carbocycles. The van der Waals surface area contributed by atoms with Gasteiger partial charge in [0.05, 0.1) is 6.04 Å². The Morgan fingerprint density at radius 2 is 2.00 bits per heavy atom. The summed E-state index contributed by atoms with van der Waals surface area (Å²) in [4.78, 5) is 12.3. The van der Waals surface area contributed by atoms with E-state index in [-0.39, 0.29) is 29.8 Å². The summed E-state index contributed by atoms with van der Waals surface area (Å²) < 4.78 is 5.53. The van der Waals surface area contributed by atoms with Crippen LogP contribution in [-0.4, -0.2) is 38.3 Å². The summed E-state index contributed by atoms with van der Waals surface area (Å²) >= 11 is 6.01. The number of carbonyl (C=O) groups excluding carboxylic acids is 1. The van der Waals surface area contributed by atoms with Gasteiger partial charge >= 0.3 is 0 Å². The lowest BCUT2D eigenvalue weighted by Crippen LogP contribution is -2.48. The van der Waals surface area contributed by atoms with Crippen LogP contribution in [0.15, 0.2) is 24.3 Å². The van der Waals surface area contributed by atoms with Gasteiger partial charge in [-0.15, -0.1) is 12.4 Å². The number of hydrogen-bond donors (Lipinski definition) is 2. The van der Waals surface area contributed by atoms with E-state index >= 15 is 0 Å². The molecule has 2 heterocycles. The van der Waals surface area contributed by atoms with E-state index in [4.69, 9.17) is 16.3 Å². The molecule has 0 spiro atoms. The van der Waals surface area contributed by atoms with Gasteiger partial charge in [0.2, 0.25) is 5.91 Å². The third-order valence-corrected chi connectivity index (χ3v) is 5.14. The van der Waals surface area contributed by atoms with Gasteiger partial charge in [0.25, 0.3) is 0 Å². The highest BCUT2D eigenvalue weighted by atomic mass is 35.5. The van der Waals surface area contributed by atoms with Crippen LogP contribution < -0.4 is 10.6 Å². The maximum Gasteiger partial charge on any atom is 0.237 e. The van der Waals surface area contributed by atoms with Crippen molar-refractivity contribution in [3.05, 3.63) is 34.9 Å². The van der Waals surface area contributed by atoms with Gasteiger partial charge in [-0.05, 0) is 49.9 Å². The highest BCUT2D eigenvalue weighted by molar-refractivity contribution is 6.30. The van der Waals surface area contributed by atoms with E-state index < -0.39 is 0 Å². The van der Waals surface area contributed by atoms with Crippen LogP contribution >= 0.6 is 24.0 Å². The minimum absolute atomic E-state index is 0. The Hall–Kier alpha value is -0.810. The van der Waals surface area contributed by atoms with Gasteiger partial charge in [0, 0.05) is 30.2 Å². The molecule has 0 radical (unpaired) electrons. The van der Waals surface area contributed by atoms with Gasteiger partial charge in [-0.1, -0.05) is 23.7 Å². The van der Waals surface area contributed by atoms with Crippen LogP contribution in [0.5, 0.6) is 0 Å². The maximum atomic E-state index is 12.3. The van der Waals surface area contributed by atoms with E-state index in [0.29, 0.717) is 6.54 Å². The number of benzene rings is 1. The molecule has 23 heavy (non-hydrogen) atoms. The summed E-state index contributed by atoms with van der Waals surface area (Å²) in [7, 11) is 0. The molecule has 1 atom stereocenters. The van der Waals surface area contributed by atoms with E-state index in [2.05, 4.69) is 22.8 Å². The predicted molar refractivity (Wildman–Crippen MR) is 94.5 cm³/mol. The first-order valence-corrected chi connectivity index (χ1v) is 8.42. The molecule has 2 aliphatic rings. The molecule has 1 aromatic rings. The molecular formula is C17H24Cl2N2O2. The lowest BCUT2D eigenvalue weighted by molar-refractivity contribution is -0.123. The lowest BCUT2D eigenvalue weighted by atomic mass is 9.74. The van der Waals surface area contributed by atoms with Crippen LogP contribution in [0.1, 0.15) is 31.2 Å². The SMILES string of the molecule is Cl.O=C(NCC1(c2ccc(Cl)cc2)CCOCC1)C1CCCN1. The Morgan fingerprint density at radius 1 is 1.30 bits per heavy atom. The summed E-state index contributed by atoms with van der Waals surface area (Å²) in [5.74, 6) is 0.123. The average Bonchev–Trinajstić information content (AvgIpc) is 3.09. The largest absolute Gasteiger partial charge is 0.381 e. The lowest BCUT2D eigenvalue weighted by Gasteiger charge is -2.38. The molecule has 1 amide bonds. The van der Waals surface area contributed by atoms with Crippen molar-refractivity contribution in [3.8, 4) is 0 Å². The van der Waals surface area contributed by atoms with Gasteiger partial charge in [-0.3, -0.25) is 4.79 Å². The number of amides is 1. The molecule has 0 aromatic heterocycles. The number of hydrogen-bond acceptors (Lipinski definition) is 3. The van der Waals surface area contributed by atoms with Crippen LogP contribution in [0, 0.1) is 0 Å². The Balaban J connectivity index is 0.00000192. The molecule has 128 valence electrons. The average molecular weight is 359 g/mol. The molecule has 2 fully saturated rings. The summed E-state index contributed by atoms with van der Waals surface area (Å²) in [5, 5.41) is 7.15. The van der Waals surface area contributed by atoms with Crippen LogP contribution in [0.3, 0.4) is 0 Å². The van der Waals surface area contributed by atoms with Crippen molar-refractivity contribution in [3.63, 3.8) is 0 Å². The van der Waals surface area contributed by atoms with Crippen LogP contribution in [0.4, 0.5) is 0 Å². The first-order chi connectivity index (χ1) is 10.7. The monoisotopic (exact) mass is 358 g/mol. The molecule has 3 rings (SSSR count). The summed E-state index contributed by atoms with van der Waals surface area (Å²) in [6.07, 6.45) is 3.86. The fraction of sp³-hybridized carbons (Fsp3) is 0.588. The third kappa shape index (κ3) is 4.38. The van der Waals surface area contributed by atoms with Gasteiger partial charge in [0.1, 0.15) is 0 Å². The Bertz CT molecular complexity index is 510. The highest BCUT2D eigenvalue weighted by Crippen LogP contribution is 2.35. The fourth-order valence-electron chi connectivity index (χ4n) is 3.42. The molecule has 2 N–H and O–H groups in total. The second-order valence-corrected chi connectivity index (χ2v) is 6.70. The smallest absolute Gasteiger partial charge is 0.237 e. The maximum absolute atomic E-state index is 12.3. The number of rotatable bonds is 4. The number of ether oxygens (including phenoxy) is 1. The van der Waals surface area contributed by atoms with Crippen molar-refractivity contribution in [2.24, 2.45) is 0 Å². The zero-order chi connectivity index (χ0) is 15.4. The van der Waals surface area contributed by atoms with E-state index in [1.165, 1.54) is 5.56 Å². The second kappa shape index (κ2) is 8.34. The first-order valence-electron chi connectivity index (χ1n) is 8.05.